The van der Waals surface area contributed by atoms with Crippen molar-refractivity contribution in [3.63, 3.8) is 0 Å². The molecule has 32 heavy (non-hydrogen) atoms. The third-order valence-electron chi connectivity index (χ3n) is 6.44. The first-order valence-corrected chi connectivity index (χ1v) is 12.1. The summed E-state index contributed by atoms with van der Waals surface area (Å²) in [6.07, 6.45) is 4.58. The van der Waals surface area contributed by atoms with Gasteiger partial charge in [-0.2, -0.15) is 0 Å². The van der Waals surface area contributed by atoms with Crippen molar-refractivity contribution in [2.75, 3.05) is 19.6 Å². The number of allylic oxidation sites excluding steroid dienone is 1. The molecule has 8 heteroatoms. The Kier molecular flexibility index (Phi) is 5.80. The molecule has 4 aliphatic rings. The number of rotatable bonds is 6. The van der Waals surface area contributed by atoms with E-state index in [1.54, 1.807) is 12.1 Å². The van der Waals surface area contributed by atoms with E-state index in [-0.39, 0.29) is 24.1 Å². The molecule has 0 aromatic heterocycles. The van der Waals surface area contributed by atoms with Gasteiger partial charge >= 0.3 is 0 Å². The second-order valence-electron chi connectivity index (χ2n) is 8.87. The van der Waals surface area contributed by atoms with Gasteiger partial charge in [-0.1, -0.05) is 23.9 Å². The van der Waals surface area contributed by atoms with Gasteiger partial charge in [-0.25, -0.2) is 9.38 Å². The molecule has 0 unspecified atom stereocenters. The van der Waals surface area contributed by atoms with Crippen molar-refractivity contribution in [3.05, 3.63) is 58.0 Å². The van der Waals surface area contributed by atoms with E-state index in [1.165, 1.54) is 36.7 Å². The second-order valence-corrected chi connectivity index (χ2v) is 9.70. The zero-order valence-electron chi connectivity index (χ0n) is 18.1. The van der Waals surface area contributed by atoms with Crippen LogP contribution in [0.15, 0.2) is 51.6 Å². The zero-order valence-corrected chi connectivity index (χ0v) is 19.0. The molecule has 1 aromatic rings. The summed E-state index contributed by atoms with van der Waals surface area (Å²) in [6.45, 7) is 4.07. The molecule has 0 radical (unpaired) electrons. The monoisotopic (exact) mass is 454 g/mol. The third kappa shape index (κ3) is 4.20. The maximum atomic E-state index is 13.7. The Balaban J connectivity index is 1.47. The number of likely N-dealkylation sites (tertiary alicyclic amines) is 1. The molecule has 1 aliphatic carbocycles. The molecule has 0 spiro atoms. The average Bonchev–Trinajstić information content (AvgIpc) is 3.28. The van der Waals surface area contributed by atoms with Gasteiger partial charge < -0.3 is 15.1 Å². The van der Waals surface area contributed by atoms with E-state index in [2.05, 4.69) is 5.32 Å². The fraction of sp³-hybridized carbons (Fsp3) is 0.458. The van der Waals surface area contributed by atoms with Crippen LogP contribution in [0.2, 0.25) is 0 Å². The molecule has 0 bridgehead atoms. The zero-order chi connectivity index (χ0) is 22.2. The third-order valence-corrected chi connectivity index (χ3v) is 7.33. The molecule has 1 aromatic carbocycles. The summed E-state index contributed by atoms with van der Waals surface area (Å²) in [6, 6.07) is 5.85. The Morgan fingerprint density at radius 1 is 1.19 bits per heavy atom. The van der Waals surface area contributed by atoms with Crippen LogP contribution >= 0.6 is 11.8 Å². The average molecular weight is 455 g/mol. The minimum Gasteiger partial charge on any atom is -0.355 e. The van der Waals surface area contributed by atoms with Gasteiger partial charge in [-0.05, 0) is 61.6 Å². The highest BCUT2D eigenvalue weighted by Crippen LogP contribution is 2.45. The maximum Gasteiger partial charge on any atom is 0.254 e. The number of carbonyl (C=O) groups is 2. The van der Waals surface area contributed by atoms with Gasteiger partial charge in [-0.15, -0.1) is 0 Å². The maximum absolute atomic E-state index is 13.7. The van der Waals surface area contributed by atoms with Crippen LogP contribution in [0.1, 0.15) is 50.6 Å². The van der Waals surface area contributed by atoms with Crippen molar-refractivity contribution >= 4 is 28.7 Å². The molecule has 168 valence electrons. The quantitative estimate of drug-likeness (QED) is 0.707. The fourth-order valence-corrected chi connectivity index (χ4v) is 5.47. The molecule has 3 aliphatic heterocycles. The normalized spacial score (nSPS) is 22.6. The van der Waals surface area contributed by atoms with Crippen LogP contribution in [0.3, 0.4) is 0 Å². The lowest BCUT2D eigenvalue weighted by molar-refractivity contribution is -0.126. The number of amides is 2. The van der Waals surface area contributed by atoms with Crippen molar-refractivity contribution in [3.8, 4) is 0 Å². The van der Waals surface area contributed by atoms with Crippen LogP contribution < -0.4 is 5.32 Å². The molecule has 1 saturated heterocycles. The largest absolute Gasteiger partial charge is 0.355 e. The molecule has 3 heterocycles. The van der Waals surface area contributed by atoms with Crippen molar-refractivity contribution in [2.45, 2.75) is 45.1 Å². The van der Waals surface area contributed by atoms with Gasteiger partial charge in [0, 0.05) is 25.3 Å². The number of nitrogens with one attached hydrogen (secondary N) is 1. The summed E-state index contributed by atoms with van der Waals surface area (Å²) in [5.74, 6) is 0.242. The van der Waals surface area contributed by atoms with E-state index >= 15 is 0 Å². The van der Waals surface area contributed by atoms with Crippen LogP contribution in [0.4, 0.5) is 4.39 Å². The van der Waals surface area contributed by atoms with Gasteiger partial charge in [-0.3, -0.25) is 9.59 Å². The summed E-state index contributed by atoms with van der Waals surface area (Å²) in [7, 11) is 0. The molecule has 1 atom stereocenters. The highest BCUT2D eigenvalue weighted by atomic mass is 32.2. The van der Waals surface area contributed by atoms with E-state index in [1.807, 2.05) is 22.1 Å². The summed E-state index contributed by atoms with van der Waals surface area (Å²) in [5, 5.41) is 5.72. The van der Waals surface area contributed by atoms with Gasteiger partial charge in [0.05, 0.1) is 23.7 Å². The van der Waals surface area contributed by atoms with E-state index in [9.17, 15) is 14.0 Å². The number of nitrogens with zero attached hydrogens (tertiary/aromatic N) is 3. The lowest BCUT2D eigenvalue weighted by atomic mass is 9.92. The highest BCUT2D eigenvalue weighted by molar-refractivity contribution is 8.16. The number of halogens is 1. The van der Waals surface area contributed by atoms with Gasteiger partial charge in [0.15, 0.2) is 5.17 Å². The van der Waals surface area contributed by atoms with Crippen molar-refractivity contribution in [2.24, 2.45) is 10.9 Å². The SMILES string of the molecule is CC1=C(C(=O)N2CCCC2)[C@@H](c2ccc(F)cc2)N2C(CC(=O)NCC3CC3)=CSC2=N1. The van der Waals surface area contributed by atoms with Gasteiger partial charge in [0.1, 0.15) is 5.82 Å². The minimum atomic E-state index is -0.436. The lowest BCUT2D eigenvalue weighted by Crippen LogP contribution is -2.41. The minimum absolute atomic E-state index is 0.0217. The van der Waals surface area contributed by atoms with E-state index in [0.29, 0.717) is 17.2 Å². The van der Waals surface area contributed by atoms with E-state index in [4.69, 9.17) is 4.99 Å². The molecule has 5 rings (SSSR count). The van der Waals surface area contributed by atoms with Crippen LogP contribution in [0, 0.1) is 11.7 Å². The Morgan fingerprint density at radius 3 is 2.59 bits per heavy atom. The first-order chi connectivity index (χ1) is 15.5. The number of hydrogen-bond acceptors (Lipinski definition) is 5. The fourth-order valence-electron chi connectivity index (χ4n) is 4.50. The number of benzene rings is 1. The number of aliphatic imine (C=N–C) groups is 1. The summed E-state index contributed by atoms with van der Waals surface area (Å²) in [4.78, 5) is 34.8. The molecule has 1 N–H and O–H groups in total. The number of hydrogen-bond donors (Lipinski definition) is 1. The highest BCUT2D eigenvalue weighted by Gasteiger charge is 2.42. The first-order valence-electron chi connectivity index (χ1n) is 11.3. The number of amidine groups is 1. The van der Waals surface area contributed by atoms with Gasteiger partial charge in [0.2, 0.25) is 5.91 Å². The molecule has 6 nitrogen and oxygen atoms in total. The predicted octanol–water partition coefficient (Wildman–Crippen LogP) is 3.94. The molecule has 2 amide bonds. The number of thioether (sulfide) groups is 1. The smallest absolute Gasteiger partial charge is 0.254 e. The Morgan fingerprint density at radius 2 is 1.91 bits per heavy atom. The van der Waals surface area contributed by atoms with E-state index in [0.717, 1.165) is 48.9 Å². The molecule has 1 saturated carbocycles. The summed E-state index contributed by atoms with van der Waals surface area (Å²) in [5.41, 5.74) is 2.92. The first kappa shape index (κ1) is 21.2. The summed E-state index contributed by atoms with van der Waals surface area (Å²) >= 11 is 1.47. The predicted molar refractivity (Wildman–Crippen MR) is 123 cm³/mol. The topological polar surface area (TPSA) is 65.0 Å². The van der Waals surface area contributed by atoms with Crippen molar-refractivity contribution in [1.82, 2.24) is 15.1 Å². The van der Waals surface area contributed by atoms with Crippen LogP contribution in [0.25, 0.3) is 0 Å². The Hall–Kier alpha value is -2.61. The van der Waals surface area contributed by atoms with Crippen molar-refractivity contribution < 1.29 is 14.0 Å². The Bertz CT molecular complexity index is 1020. The lowest BCUT2D eigenvalue weighted by Gasteiger charge is -2.37. The standard InChI is InChI=1S/C24H27FN4O2S/c1-15-21(23(31)28-10-2-3-11-28)22(17-6-8-18(25)9-7-17)29-19(14-32-24(29)27-15)12-20(30)26-13-16-4-5-16/h6-9,14,16,22H,2-5,10-13H2,1H3,(H,26,30)/t22-/m1/s1. The number of carbonyl (C=O) groups excluding carboxylic acids is 2. The van der Waals surface area contributed by atoms with Crippen LogP contribution in [-0.4, -0.2) is 46.4 Å². The van der Waals surface area contributed by atoms with Crippen LogP contribution in [0.5, 0.6) is 0 Å². The molecular weight excluding hydrogens is 427 g/mol. The van der Waals surface area contributed by atoms with Crippen molar-refractivity contribution in [1.29, 1.82) is 0 Å². The number of fused-ring (bicyclic) bond motifs is 1. The van der Waals surface area contributed by atoms with E-state index < -0.39 is 6.04 Å². The Labute approximate surface area is 191 Å². The van der Waals surface area contributed by atoms with Crippen LogP contribution in [-0.2, 0) is 9.59 Å². The van der Waals surface area contributed by atoms with Gasteiger partial charge in [0.25, 0.3) is 5.91 Å². The second kappa shape index (κ2) is 8.73. The molecule has 2 fully saturated rings. The summed E-state index contributed by atoms with van der Waals surface area (Å²) < 4.78 is 13.7. The molecular formula is C24H27FN4O2S.